The van der Waals surface area contributed by atoms with E-state index in [4.69, 9.17) is 4.74 Å². The smallest absolute Gasteiger partial charge is 0.387 e. The Balaban J connectivity index is 2.44. The van der Waals surface area contributed by atoms with E-state index >= 15 is 0 Å². The molecule has 1 N–H and O–H groups in total. The third-order valence-corrected chi connectivity index (χ3v) is 2.88. The van der Waals surface area contributed by atoms with Crippen molar-refractivity contribution in [1.29, 1.82) is 0 Å². The lowest BCUT2D eigenvalue weighted by molar-refractivity contribution is -0.385. The Labute approximate surface area is 134 Å². The quantitative estimate of drug-likeness (QED) is 0.641. The van der Waals surface area contributed by atoms with E-state index in [2.05, 4.69) is 15.0 Å². The molecular formula is C14H11F2N3O5. The highest BCUT2D eigenvalue weighted by Crippen LogP contribution is 2.36. The fraction of sp³-hybridized carbons (Fsp3) is 0.143. The molecule has 126 valence electrons. The molecule has 0 aliphatic heterocycles. The van der Waals surface area contributed by atoms with E-state index < -0.39 is 28.9 Å². The Morgan fingerprint density at radius 2 is 1.96 bits per heavy atom. The Hall–Kier alpha value is -3.30. The van der Waals surface area contributed by atoms with Crippen LogP contribution in [-0.2, 0) is 0 Å². The lowest BCUT2D eigenvalue weighted by Gasteiger charge is -2.12. The van der Waals surface area contributed by atoms with Crippen LogP contribution in [0.1, 0.15) is 10.4 Å². The summed E-state index contributed by atoms with van der Waals surface area (Å²) in [5.74, 6) is -1.59. The second kappa shape index (κ2) is 7.31. The molecule has 1 heterocycles. The maximum atomic E-state index is 12.4. The highest BCUT2D eigenvalue weighted by atomic mass is 19.3. The first-order valence-corrected chi connectivity index (χ1v) is 6.45. The van der Waals surface area contributed by atoms with Gasteiger partial charge in [0.15, 0.2) is 11.5 Å². The number of halogens is 2. The van der Waals surface area contributed by atoms with Gasteiger partial charge in [0.05, 0.1) is 18.1 Å². The van der Waals surface area contributed by atoms with E-state index in [9.17, 15) is 23.7 Å². The monoisotopic (exact) mass is 339 g/mol. The van der Waals surface area contributed by atoms with Crippen LogP contribution in [0.15, 0.2) is 36.7 Å². The first-order valence-electron chi connectivity index (χ1n) is 6.45. The lowest BCUT2D eigenvalue weighted by atomic mass is 10.1. The summed E-state index contributed by atoms with van der Waals surface area (Å²) >= 11 is 0. The van der Waals surface area contributed by atoms with Gasteiger partial charge in [-0.25, -0.2) is 0 Å². The Morgan fingerprint density at radius 3 is 2.50 bits per heavy atom. The molecule has 0 unspecified atom stereocenters. The van der Waals surface area contributed by atoms with Crippen LogP contribution >= 0.6 is 0 Å². The molecule has 0 spiro atoms. The number of carbonyl (C=O) groups is 1. The Morgan fingerprint density at radius 1 is 1.29 bits per heavy atom. The predicted molar refractivity (Wildman–Crippen MR) is 78.5 cm³/mol. The third kappa shape index (κ3) is 3.91. The minimum atomic E-state index is -3.20. The number of amides is 1. The number of methoxy groups -OCH3 is 1. The van der Waals surface area contributed by atoms with E-state index in [0.717, 1.165) is 13.2 Å². The van der Waals surface area contributed by atoms with Crippen LogP contribution in [0.25, 0.3) is 0 Å². The largest absolute Gasteiger partial charge is 0.493 e. The Kier molecular flexibility index (Phi) is 5.20. The lowest BCUT2D eigenvalue weighted by Crippen LogP contribution is -2.15. The number of nitro groups is 1. The number of pyridine rings is 1. The van der Waals surface area contributed by atoms with Crippen LogP contribution in [0.3, 0.4) is 0 Å². The topological polar surface area (TPSA) is 104 Å². The number of anilines is 1. The van der Waals surface area contributed by atoms with Crippen molar-refractivity contribution < 1.29 is 28.0 Å². The van der Waals surface area contributed by atoms with Crippen molar-refractivity contribution in [3.8, 4) is 11.5 Å². The zero-order chi connectivity index (χ0) is 17.7. The molecule has 0 radical (unpaired) electrons. The standard InChI is InChI=1S/C14H11F2N3O5/c1-23-11-6-9(13(20)18-8-2-4-17-5-3-8)10(19(21)22)7-12(11)24-14(15)16/h2-7,14H,1H3,(H,17,18,20). The van der Waals surface area contributed by atoms with Crippen LogP contribution in [0, 0.1) is 10.1 Å². The number of nitro benzene ring substituents is 1. The van der Waals surface area contributed by atoms with Crippen molar-refractivity contribution in [3.63, 3.8) is 0 Å². The molecule has 1 aromatic carbocycles. The van der Waals surface area contributed by atoms with Gasteiger partial charge in [-0.2, -0.15) is 8.78 Å². The molecule has 8 nitrogen and oxygen atoms in total. The van der Waals surface area contributed by atoms with Gasteiger partial charge in [0.2, 0.25) is 0 Å². The van der Waals surface area contributed by atoms with Crippen molar-refractivity contribution >= 4 is 17.3 Å². The average molecular weight is 339 g/mol. The number of hydrogen-bond donors (Lipinski definition) is 1. The highest BCUT2D eigenvalue weighted by molar-refractivity contribution is 6.07. The maximum Gasteiger partial charge on any atom is 0.387 e. The summed E-state index contributed by atoms with van der Waals surface area (Å²) in [6.45, 7) is -3.20. The molecule has 1 aromatic heterocycles. The Bertz CT molecular complexity index is 756. The molecule has 0 saturated heterocycles. The number of nitrogens with zero attached hydrogens (tertiary/aromatic N) is 2. The summed E-state index contributed by atoms with van der Waals surface area (Å²) in [5, 5.41) is 13.6. The first kappa shape index (κ1) is 17.1. The van der Waals surface area contributed by atoms with E-state index in [-0.39, 0.29) is 11.3 Å². The van der Waals surface area contributed by atoms with Gasteiger partial charge in [-0.15, -0.1) is 0 Å². The van der Waals surface area contributed by atoms with Crippen LogP contribution in [-0.4, -0.2) is 29.5 Å². The summed E-state index contributed by atoms with van der Waals surface area (Å²) < 4.78 is 33.8. The van der Waals surface area contributed by atoms with Gasteiger partial charge in [-0.3, -0.25) is 19.9 Å². The van der Waals surface area contributed by atoms with E-state index in [1.54, 1.807) is 0 Å². The molecule has 0 aliphatic carbocycles. The number of alkyl halides is 2. The fourth-order valence-corrected chi connectivity index (χ4v) is 1.86. The van der Waals surface area contributed by atoms with Crippen LogP contribution in [0.4, 0.5) is 20.2 Å². The summed E-state index contributed by atoms with van der Waals surface area (Å²) in [6, 6.07) is 4.64. The SMILES string of the molecule is COc1cc(C(=O)Nc2ccncc2)c([N+](=O)[O-])cc1OC(F)F. The van der Waals surface area contributed by atoms with E-state index in [1.807, 2.05) is 0 Å². The summed E-state index contributed by atoms with van der Waals surface area (Å²) in [7, 11) is 1.16. The molecule has 2 rings (SSSR count). The molecule has 0 fully saturated rings. The zero-order valence-corrected chi connectivity index (χ0v) is 12.2. The summed E-state index contributed by atoms with van der Waals surface area (Å²) in [5.41, 5.74) is -0.704. The van der Waals surface area contributed by atoms with Crippen molar-refractivity contribution in [2.45, 2.75) is 6.61 Å². The van der Waals surface area contributed by atoms with Gasteiger partial charge in [0.25, 0.3) is 11.6 Å². The number of nitrogens with one attached hydrogen (secondary N) is 1. The maximum absolute atomic E-state index is 12.4. The van der Waals surface area contributed by atoms with Gasteiger partial charge in [-0.1, -0.05) is 0 Å². The van der Waals surface area contributed by atoms with E-state index in [0.29, 0.717) is 11.8 Å². The number of rotatable bonds is 6. The molecule has 24 heavy (non-hydrogen) atoms. The predicted octanol–water partition coefficient (Wildman–Crippen LogP) is 2.85. The number of benzene rings is 1. The normalized spacial score (nSPS) is 10.3. The van der Waals surface area contributed by atoms with Crippen molar-refractivity contribution in [1.82, 2.24) is 4.98 Å². The van der Waals surface area contributed by atoms with Gasteiger partial charge in [-0.05, 0) is 12.1 Å². The summed E-state index contributed by atoms with van der Waals surface area (Å²) in [4.78, 5) is 26.3. The molecule has 2 aromatic rings. The van der Waals surface area contributed by atoms with Gasteiger partial charge in [0, 0.05) is 24.1 Å². The molecule has 1 amide bonds. The first-order chi connectivity index (χ1) is 11.4. The fourth-order valence-electron chi connectivity index (χ4n) is 1.86. The van der Waals surface area contributed by atoms with Crippen LogP contribution < -0.4 is 14.8 Å². The molecule has 0 saturated carbocycles. The zero-order valence-electron chi connectivity index (χ0n) is 12.2. The minimum Gasteiger partial charge on any atom is -0.493 e. The summed E-state index contributed by atoms with van der Waals surface area (Å²) in [6.07, 6.45) is 2.84. The van der Waals surface area contributed by atoms with Crippen molar-refractivity contribution in [2.75, 3.05) is 12.4 Å². The molecule has 0 atom stereocenters. The molecule has 0 aliphatic rings. The van der Waals surface area contributed by atoms with Crippen molar-refractivity contribution in [2.24, 2.45) is 0 Å². The highest BCUT2D eigenvalue weighted by Gasteiger charge is 2.26. The second-order valence-corrected chi connectivity index (χ2v) is 4.35. The van der Waals surface area contributed by atoms with Crippen LogP contribution in [0.5, 0.6) is 11.5 Å². The van der Waals surface area contributed by atoms with E-state index in [1.165, 1.54) is 24.5 Å². The second-order valence-electron chi connectivity index (χ2n) is 4.35. The number of aromatic nitrogens is 1. The van der Waals surface area contributed by atoms with Gasteiger partial charge < -0.3 is 14.8 Å². The molecular weight excluding hydrogens is 328 g/mol. The van der Waals surface area contributed by atoms with Gasteiger partial charge in [0.1, 0.15) is 5.56 Å². The molecule has 10 heteroatoms. The van der Waals surface area contributed by atoms with Crippen LogP contribution in [0.2, 0.25) is 0 Å². The number of hydrogen-bond acceptors (Lipinski definition) is 6. The van der Waals surface area contributed by atoms with Gasteiger partial charge >= 0.3 is 6.61 Å². The number of ether oxygens (including phenoxy) is 2. The number of carbonyl (C=O) groups excluding carboxylic acids is 1. The average Bonchev–Trinajstić information content (AvgIpc) is 2.54. The third-order valence-electron chi connectivity index (χ3n) is 2.88. The molecule has 0 bridgehead atoms. The van der Waals surface area contributed by atoms with Crippen molar-refractivity contribution in [3.05, 3.63) is 52.3 Å². The minimum absolute atomic E-state index is 0.235.